The van der Waals surface area contributed by atoms with Crippen molar-refractivity contribution in [3.05, 3.63) is 48.6 Å². The van der Waals surface area contributed by atoms with Crippen LogP contribution in [0.3, 0.4) is 0 Å². The number of hydrogen-bond donors (Lipinski definition) is 1. The number of ether oxygens (including phenoxy) is 1. The first-order valence-electron chi connectivity index (χ1n) is 5.29. The van der Waals surface area contributed by atoms with E-state index in [2.05, 4.69) is 11.9 Å². The monoisotopic (exact) mass is 219 g/mol. The second-order valence-electron chi connectivity index (χ2n) is 3.66. The predicted octanol–water partition coefficient (Wildman–Crippen LogP) is 2.73. The van der Waals surface area contributed by atoms with Crippen LogP contribution in [0.25, 0.3) is 0 Å². The van der Waals surface area contributed by atoms with Crippen molar-refractivity contribution in [3.63, 3.8) is 0 Å². The molecule has 0 saturated carbocycles. The van der Waals surface area contributed by atoms with Gasteiger partial charge in [-0.2, -0.15) is 0 Å². The van der Waals surface area contributed by atoms with Crippen LogP contribution >= 0.6 is 0 Å². The number of carbonyl (C=O) groups excluding carboxylic acids is 1. The van der Waals surface area contributed by atoms with Gasteiger partial charge in [-0.1, -0.05) is 43.3 Å². The lowest BCUT2D eigenvalue weighted by molar-refractivity contribution is 0.139. The molecule has 1 aromatic rings. The summed E-state index contributed by atoms with van der Waals surface area (Å²) in [5, 5.41) is 2.67. The van der Waals surface area contributed by atoms with Gasteiger partial charge in [0.25, 0.3) is 0 Å². The summed E-state index contributed by atoms with van der Waals surface area (Å²) in [4.78, 5) is 11.3. The van der Waals surface area contributed by atoms with Crippen molar-refractivity contribution >= 4 is 6.09 Å². The fourth-order valence-corrected chi connectivity index (χ4v) is 1.10. The van der Waals surface area contributed by atoms with Gasteiger partial charge in [0.05, 0.1) is 0 Å². The Balaban J connectivity index is 2.23. The van der Waals surface area contributed by atoms with E-state index in [1.165, 1.54) is 0 Å². The predicted molar refractivity (Wildman–Crippen MR) is 64.0 cm³/mol. The maximum Gasteiger partial charge on any atom is 0.407 e. The van der Waals surface area contributed by atoms with Crippen molar-refractivity contribution in [1.29, 1.82) is 0 Å². The Kier molecular flexibility index (Phi) is 5.12. The van der Waals surface area contributed by atoms with Crippen molar-refractivity contribution in [2.45, 2.75) is 13.5 Å². The van der Waals surface area contributed by atoms with Gasteiger partial charge >= 0.3 is 6.09 Å². The van der Waals surface area contributed by atoms with E-state index < -0.39 is 6.09 Å². The molecule has 16 heavy (non-hydrogen) atoms. The van der Waals surface area contributed by atoms with Crippen molar-refractivity contribution in [3.8, 4) is 0 Å². The van der Waals surface area contributed by atoms with Crippen molar-refractivity contribution in [2.75, 3.05) is 6.54 Å². The summed E-state index contributed by atoms with van der Waals surface area (Å²) in [6.45, 7) is 6.47. The van der Waals surface area contributed by atoms with Crippen LogP contribution in [0.1, 0.15) is 12.5 Å². The molecule has 0 saturated heterocycles. The van der Waals surface area contributed by atoms with Crippen LogP contribution < -0.4 is 5.32 Å². The zero-order chi connectivity index (χ0) is 11.8. The van der Waals surface area contributed by atoms with E-state index in [-0.39, 0.29) is 5.92 Å². The van der Waals surface area contributed by atoms with Crippen molar-refractivity contribution in [1.82, 2.24) is 5.32 Å². The Morgan fingerprint density at radius 3 is 2.81 bits per heavy atom. The highest BCUT2D eigenvalue weighted by molar-refractivity contribution is 5.67. The van der Waals surface area contributed by atoms with Gasteiger partial charge in [-0.25, -0.2) is 4.79 Å². The number of hydrogen-bond acceptors (Lipinski definition) is 2. The molecule has 0 bridgehead atoms. The SMILES string of the molecule is C=CC(C)CNC(=O)OCc1ccccc1. The third-order valence-electron chi connectivity index (χ3n) is 2.18. The molecule has 1 atom stereocenters. The topological polar surface area (TPSA) is 38.3 Å². The second-order valence-corrected chi connectivity index (χ2v) is 3.66. The van der Waals surface area contributed by atoms with E-state index in [0.29, 0.717) is 13.2 Å². The molecule has 0 aliphatic heterocycles. The van der Waals surface area contributed by atoms with Crippen LogP contribution in [-0.2, 0) is 11.3 Å². The van der Waals surface area contributed by atoms with Gasteiger partial charge in [-0.3, -0.25) is 0 Å². The van der Waals surface area contributed by atoms with E-state index >= 15 is 0 Å². The Morgan fingerprint density at radius 1 is 1.50 bits per heavy atom. The smallest absolute Gasteiger partial charge is 0.407 e. The lowest BCUT2D eigenvalue weighted by atomic mass is 10.2. The van der Waals surface area contributed by atoms with Crippen molar-refractivity contribution < 1.29 is 9.53 Å². The highest BCUT2D eigenvalue weighted by atomic mass is 16.5. The molecule has 1 unspecified atom stereocenters. The fourth-order valence-electron chi connectivity index (χ4n) is 1.10. The first-order valence-corrected chi connectivity index (χ1v) is 5.29. The molecule has 0 heterocycles. The summed E-state index contributed by atoms with van der Waals surface area (Å²) < 4.78 is 5.04. The highest BCUT2D eigenvalue weighted by Crippen LogP contribution is 2.00. The summed E-state index contributed by atoms with van der Waals surface area (Å²) >= 11 is 0. The van der Waals surface area contributed by atoms with E-state index in [4.69, 9.17) is 4.74 Å². The minimum atomic E-state index is -0.391. The van der Waals surface area contributed by atoms with Gasteiger partial charge in [0.2, 0.25) is 0 Å². The number of alkyl carbamates (subject to hydrolysis) is 1. The molecule has 1 N–H and O–H groups in total. The molecule has 1 aromatic carbocycles. The Bertz CT molecular complexity index is 335. The fraction of sp³-hybridized carbons (Fsp3) is 0.308. The molecule has 86 valence electrons. The average molecular weight is 219 g/mol. The van der Waals surface area contributed by atoms with Crippen LogP contribution in [0, 0.1) is 5.92 Å². The lowest BCUT2D eigenvalue weighted by Gasteiger charge is -2.09. The lowest BCUT2D eigenvalue weighted by Crippen LogP contribution is -2.28. The first-order chi connectivity index (χ1) is 7.72. The molecular formula is C13H17NO2. The molecule has 3 nitrogen and oxygen atoms in total. The standard InChI is InChI=1S/C13H17NO2/c1-3-11(2)9-14-13(15)16-10-12-7-5-4-6-8-12/h3-8,11H,1,9-10H2,2H3,(H,14,15). The van der Waals surface area contributed by atoms with Crippen LogP contribution in [0.4, 0.5) is 4.79 Å². The largest absolute Gasteiger partial charge is 0.445 e. The Morgan fingerprint density at radius 2 is 2.19 bits per heavy atom. The summed E-state index contributed by atoms with van der Waals surface area (Å²) in [5.74, 6) is 0.254. The molecule has 0 spiro atoms. The van der Waals surface area contributed by atoms with Gasteiger partial charge in [0, 0.05) is 6.54 Å². The number of nitrogens with one attached hydrogen (secondary N) is 1. The first kappa shape index (κ1) is 12.3. The number of benzene rings is 1. The van der Waals surface area contributed by atoms with Crippen LogP contribution in [0.2, 0.25) is 0 Å². The summed E-state index contributed by atoms with van der Waals surface area (Å²) in [7, 11) is 0. The molecule has 0 aliphatic rings. The van der Waals surface area contributed by atoms with Crippen LogP contribution in [0.5, 0.6) is 0 Å². The number of rotatable bonds is 5. The molecule has 0 aromatic heterocycles. The second kappa shape index (κ2) is 6.67. The third-order valence-corrected chi connectivity index (χ3v) is 2.18. The third kappa shape index (κ3) is 4.64. The van der Waals surface area contributed by atoms with E-state index in [1.54, 1.807) is 6.08 Å². The molecule has 0 radical (unpaired) electrons. The minimum absolute atomic E-state index is 0.254. The van der Waals surface area contributed by atoms with Crippen molar-refractivity contribution in [2.24, 2.45) is 5.92 Å². The summed E-state index contributed by atoms with van der Waals surface area (Å²) in [6.07, 6.45) is 1.40. The Labute approximate surface area is 96.1 Å². The molecule has 1 amide bonds. The number of carbonyl (C=O) groups is 1. The Hall–Kier alpha value is -1.77. The summed E-state index contributed by atoms with van der Waals surface area (Å²) in [6, 6.07) is 9.58. The van der Waals surface area contributed by atoms with Gasteiger partial charge in [0.15, 0.2) is 0 Å². The molecular weight excluding hydrogens is 202 g/mol. The van der Waals surface area contributed by atoms with Gasteiger partial charge in [0.1, 0.15) is 6.61 Å². The van der Waals surface area contributed by atoms with Crippen LogP contribution in [-0.4, -0.2) is 12.6 Å². The van der Waals surface area contributed by atoms with E-state index in [9.17, 15) is 4.79 Å². The number of amides is 1. The molecule has 1 rings (SSSR count). The zero-order valence-corrected chi connectivity index (χ0v) is 9.48. The molecule has 3 heteroatoms. The normalized spacial score (nSPS) is 11.6. The molecule has 0 aliphatic carbocycles. The van der Waals surface area contributed by atoms with E-state index in [0.717, 1.165) is 5.56 Å². The van der Waals surface area contributed by atoms with Gasteiger partial charge in [-0.15, -0.1) is 6.58 Å². The van der Waals surface area contributed by atoms with Gasteiger partial charge < -0.3 is 10.1 Å². The molecule has 0 fully saturated rings. The zero-order valence-electron chi connectivity index (χ0n) is 9.48. The van der Waals surface area contributed by atoms with Gasteiger partial charge in [-0.05, 0) is 11.5 Å². The quantitative estimate of drug-likeness (QED) is 0.773. The van der Waals surface area contributed by atoms with Crippen LogP contribution in [0.15, 0.2) is 43.0 Å². The average Bonchev–Trinajstić information content (AvgIpc) is 2.34. The highest BCUT2D eigenvalue weighted by Gasteiger charge is 2.03. The maximum absolute atomic E-state index is 11.3. The maximum atomic E-state index is 11.3. The summed E-state index contributed by atoms with van der Waals surface area (Å²) in [5.41, 5.74) is 0.981. The van der Waals surface area contributed by atoms with E-state index in [1.807, 2.05) is 37.3 Å². The minimum Gasteiger partial charge on any atom is -0.445 e.